The third-order valence-electron chi connectivity index (χ3n) is 3.42. The number of hydrogen-bond donors (Lipinski definition) is 3. The predicted octanol–water partition coefficient (Wildman–Crippen LogP) is 2.50. The molecule has 0 amide bonds. The van der Waals surface area contributed by atoms with Crippen LogP contribution < -0.4 is 5.32 Å². The Morgan fingerprint density at radius 2 is 2.05 bits per heavy atom. The van der Waals surface area contributed by atoms with E-state index in [1.54, 1.807) is 10.9 Å². The third-order valence-corrected chi connectivity index (χ3v) is 4.54. The topological polar surface area (TPSA) is 87.4 Å². The lowest BCUT2D eigenvalue weighted by Gasteiger charge is -2.21. The van der Waals surface area contributed by atoms with Crippen molar-refractivity contribution in [2.45, 2.75) is 32.1 Å². The zero-order valence-corrected chi connectivity index (χ0v) is 13.5. The predicted molar refractivity (Wildman–Crippen MR) is 85.5 cm³/mol. The normalized spacial score (nSPS) is 13.2. The first-order chi connectivity index (χ1) is 10.5. The molecule has 1 aromatic heterocycles. The van der Waals surface area contributed by atoms with E-state index in [1.165, 1.54) is 6.20 Å². The number of unbranched alkanes of at least 4 members (excludes halogenated alkanes) is 1. The highest BCUT2D eigenvalue weighted by Crippen LogP contribution is 2.49. The van der Waals surface area contributed by atoms with E-state index >= 15 is 0 Å². The molecule has 7 heteroatoms. The van der Waals surface area contributed by atoms with Crippen molar-refractivity contribution >= 4 is 7.60 Å². The van der Waals surface area contributed by atoms with Crippen molar-refractivity contribution in [3.8, 4) is 0 Å². The Bertz CT molecular complexity index is 624. The molecule has 6 nitrogen and oxygen atoms in total. The molecule has 0 bridgehead atoms. The van der Waals surface area contributed by atoms with Gasteiger partial charge in [0.25, 0.3) is 0 Å². The first-order valence-electron chi connectivity index (χ1n) is 7.35. The lowest BCUT2D eigenvalue weighted by molar-refractivity contribution is 0.344. The minimum atomic E-state index is -4.31. The van der Waals surface area contributed by atoms with Crippen LogP contribution in [0.15, 0.2) is 42.9 Å². The number of nitrogens with zero attached hydrogens (tertiary/aromatic N) is 2. The molecular formula is C15H22N3O3P. The number of nitrogens with one attached hydrogen (secondary N) is 1. The van der Waals surface area contributed by atoms with E-state index in [-0.39, 0.29) is 0 Å². The van der Waals surface area contributed by atoms with Crippen LogP contribution in [-0.2, 0) is 11.1 Å². The van der Waals surface area contributed by atoms with E-state index in [1.807, 2.05) is 37.3 Å². The summed E-state index contributed by atoms with van der Waals surface area (Å²) in [5, 5.41) is 2.97. The van der Waals surface area contributed by atoms with Gasteiger partial charge >= 0.3 is 7.60 Å². The molecule has 2 rings (SSSR count). The summed E-state index contributed by atoms with van der Waals surface area (Å²) in [5.41, 5.74) is 1.56. The van der Waals surface area contributed by atoms with Gasteiger partial charge in [0.05, 0.1) is 18.2 Å². The summed E-state index contributed by atoms with van der Waals surface area (Å²) in [7, 11) is -4.31. The quantitative estimate of drug-likeness (QED) is 0.513. The molecule has 0 saturated heterocycles. The number of hydrogen-bond acceptors (Lipinski definition) is 3. The molecule has 0 saturated carbocycles. The Morgan fingerprint density at radius 3 is 2.68 bits per heavy atom. The fraction of sp³-hybridized carbons (Fsp3) is 0.400. The second kappa shape index (κ2) is 7.70. The van der Waals surface area contributed by atoms with Gasteiger partial charge in [-0.15, -0.1) is 0 Å². The van der Waals surface area contributed by atoms with Gasteiger partial charge in [-0.05, 0) is 18.5 Å². The van der Waals surface area contributed by atoms with Crippen LogP contribution in [0.3, 0.4) is 0 Å². The van der Waals surface area contributed by atoms with Crippen molar-refractivity contribution in [2.24, 2.45) is 0 Å². The molecule has 22 heavy (non-hydrogen) atoms. The summed E-state index contributed by atoms with van der Waals surface area (Å²) in [6.07, 6.45) is 4.95. The van der Waals surface area contributed by atoms with Crippen LogP contribution in [0.1, 0.15) is 36.8 Å². The van der Waals surface area contributed by atoms with Crippen molar-refractivity contribution in [3.63, 3.8) is 0 Å². The van der Waals surface area contributed by atoms with E-state index in [4.69, 9.17) is 0 Å². The molecule has 0 aliphatic carbocycles. The molecule has 1 unspecified atom stereocenters. The zero-order valence-electron chi connectivity index (χ0n) is 12.6. The Balaban J connectivity index is 2.21. The van der Waals surface area contributed by atoms with Gasteiger partial charge in [0.2, 0.25) is 0 Å². The third kappa shape index (κ3) is 4.52. The van der Waals surface area contributed by atoms with Gasteiger partial charge in [-0.3, -0.25) is 9.88 Å². The van der Waals surface area contributed by atoms with Crippen molar-refractivity contribution in [2.75, 3.05) is 6.54 Å². The average molecular weight is 323 g/mol. The minimum absolute atomic E-state index is 0.508. The Labute approximate surface area is 130 Å². The summed E-state index contributed by atoms with van der Waals surface area (Å²) in [5.74, 6) is -1.02. The minimum Gasteiger partial charge on any atom is -0.328 e. The van der Waals surface area contributed by atoms with Gasteiger partial charge < -0.3 is 14.4 Å². The standard InChI is InChI=1S/C15H22N3O3P/c1-2-3-9-17-15(22(19,20)21)14-10-16-12-18(14)11-13-7-5-4-6-8-13/h4-8,10,12,15,17H,2-3,9,11H2,1H3,(H2,19,20,21). The highest BCUT2D eigenvalue weighted by molar-refractivity contribution is 7.52. The van der Waals surface area contributed by atoms with Crippen molar-refractivity contribution in [3.05, 3.63) is 54.1 Å². The number of rotatable bonds is 8. The molecule has 1 heterocycles. The fourth-order valence-electron chi connectivity index (χ4n) is 2.28. The second-order valence-corrected chi connectivity index (χ2v) is 6.93. The van der Waals surface area contributed by atoms with Crippen molar-refractivity contribution in [1.29, 1.82) is 0 Å². The zero-order chi connectivity index (χ0) is 16.0. The van der Waals surface area contributed by atoms with Crippen LogP contribution in [0, 0.1) is 0 Å². The molecule has 3 N–H and O–H groups in total. The lowest BCUT2D eigenvalue weighted by Crippen LogP contribution is -2.25. The van der Waals surface area contributed by atoms with E-state index in [9.17, 15) is 14.4 Å². The van der Waals surface area contributed by atoms with Gasteiger partial charge in [0.1, 0.15) is 0 Å². The molecule has 0 spiro atoms. The van der Waals surface area contributed by atoms with E-state index < -0.39 is 13.4 Å². The molecule has 0 aliphatic rings. The monoisotopic (exact) mass is 323 g/mol. The highest BCUT2D eigenvalue weighted by Gasteiger charge is 2.32. The largest absolute Gasteiger partial charge is 0.348 e. The molecule has 120 valence electrons. The lowest BCUT2D eigenvalue weighted by atomic mass is 10.2. The molecule has 1 aromatic carbocycles. The van der Waals surface area contributed by atoms with Gasteiger partial charge in [0, 0.05) is 6.54 Å². The summed E-state index contributed by atoms with van der Waals surface area (Å²) >= 11 is 0. The smallest absolute Gasteiger partial charge is 0.328 e. The van der Waals surface area contributed by atoms with E-state index in [0.29, 0.717) is 18.8 Å². The Hall–Kier alpha value is -1.46. The number of imidazole rings is 1. The molecule has 2 aromatic rings. The Morgan fingerprint density at radius 1 is 1.32 bits per heavy atom. The van der Waals surface area contributed by atoms with Crippen LogP contribution in [0.4, 0.5) is 0 Å². The van der Waals surface area contributed by atoms with Crippen molar-refractivity contribution in [1.82, 2.24) is 14.9 Å². The van der Waals surface area contributed by atoms with Crippen LogP contribution in [0.5, 0.6) is 0 Å². The summed E-state index contributed by atoms with van der Waals surface area (Å²) in [6.45, 7) is 3.12. The van der Waals surface area contributed by atoms with Gasteiger partial charge in [0.15, 0.2) is 5.78 Å². The SMILES string of the molecule is CCCCNC(c1cncn1Cc1ccccc1)P(=O)(O)O. The Kier molecular flexibility index (Phi) is 5.91. The van der Waals surface area contributed by atoms with E-state index in [0.717, 1.165) is 18.4 Å². The van der Waals surface area contributed by atoms with Crippen LogP contribution in [0.25, 0.3) is 0 Å². The molecule has 0 fully saturated rings. The number of aromatic nitrogens is 2. The van der Waals surface area contributed by atoms with Gasteiger partial charge in [-0.2, -0.15) is 0 Å². The average Bonchev–Trinajstić information content (AvgIpc) is 2.91. The van der Waals surface area contributed by atoms with Crippen LogP contribution in [0.2, 0.25) is 0 Å². The van der Waals surface area contributed by atoms with Gasteiger partial charge in [-0.25, -0.2) is 4.98 Å². The van der Waals surface area contributed by atoms with Crippen LogP contribution in [-0.4, -0.2) is 25.9 Å². The highest BCUT2D eigenvalue weighted by atomic mass is 31.2. The molecule has 0 aliphatic heterocycles. The van der Waals surface area contributed by atoms with Gasteiger partial charge in [-0.1, -0.05) is 43.7 Å². The maximum atomic E-state index is 11.8. The maximum Gasteiger partial charge on any atom is 0.348 e. The number of benzene rings is 1. The van der Waals surface area contributed by atoms with Crippen molar-refractivity contribution < 1.29 is 14.4 Å². The molecule has 0 radical (unpaired) electrons. The maximum absolute atomic E-state index is 11.8. The first kappa shape index (κ1) is 16.9. The fourth-order valence-corrected chi connectivity index (χ4v) is 3.21. The summed E-state index contributed by atoms with van der Waals surface area (Å²) in [4.78, 5) is 23.4. The molecular weight excluding hydrogens is 301 g/mol. The molecule has 1 atom stereocenters. The van der Waals surface area contributed by atoms with E-state index in [2.05, 4.69) is 10.3 Å². The van der Waals surface area contributed by atoms with Crippen LogP contribution >= 0.6 is 7.60 Å². The first-order valence-corrected chi connectivity index (χ1v) is 9.03. The second-order valence-electron chi connectivity index (χ2n) is 5.23. The summed E-state index contributed by atoms with van der Waals surface area (Å²) < 4.78 is 13.6. The summed E-state index contributed by atoms with van der Waals surface area (Å²) in [6, 6.07) is 9.75.